The van der Waals surface area contributed by atoms with Crippen LogP contribution in [-0.4, -0.2) is 22.8 Å². The van der Waals surface area contributed by atoms with Crippen LogP contribution >= 0.6 is 24.4 Å². The summed E-state index contributed by atoms with van der Waals surface area (Å²) >= 11 is 10.6. The Morgan fingerprint density at radius 3 is 1.83 bits per heavy atom. The molecule has 2 aromatic rings. The first kappa shape index (κ1) is 17.2. The van der Waals surface area contributed by atoms with Crippen LogP contribution in [0.1, 0.15) is 6.92 Å². The van der Waals surface area contributed by atoms with Gasteiger partial charge >= 0.3 is 0 Å². The van der Waals surface area contributed by atoms with Crippen molar-refractivity contribution in [3.63, 3.8) is 0 Å². The monoisotopic (exact) mass is 344 g/mol. The third-order valence-electron chi connectivity index (χ3n) is 3.01. The van der Waals surface area contributed by atoms with Crippen molar-refractivity contribution in [1.29, 1.82) is 0 Å². The van der Waals surface area contributed by atoms with Crippen molar-refractivity contribution in [2.24, 2.45) is 0 Å². The van der Waals surface area contributed by atoms with Crippen LogP contribution in [-0.2, 0) is 0 Å². The summed E-state index contributed by atoms with van der Waals surface area (Å²) in [5, 5.41) is 13.8. The van der Waals surface area contributed by atoms with Gasteiger partial charge in [0.2, 0.25) is 0 Å². The second kappa shape index (κ2) is 9.07. The van der Waals surface area contributed by atoms with Gasteiger partial charge in [-0.1, -0.05) is 36.4 Å². The van der Waals surface area contributed by atoms with Gasteiger partial charge in [-0.05, 0) is 55.6 Å². The maximum Gasteiger partial charge on any atom is 0.171 e. The van der Waals surface area contributed by atoms with Gasteiger partial charge in [0.15, 0.2) is 10.2 Å². The highest BCUT2D eigenvalue weighted by Crippen LogP contribution is 2.05. The van der Waals surface area contributed by atoms with Crippen molar-refractivity contribution in [2.75, 3.05) is 17.2 Å². The van der Waals surface area contributed by atoms with E-state index in [-0.39, 0.29) is 6.04 Å². The van der Waals surface area contributed by atoms with Gasteiger partial charge in [-0.3, -0.25) is 0 Å². The normalized spacial score (nSPS) is 11.2. The summed E-state index contributed by atoms with van der Waals surface area (Å²) in [5.74, 6) is 0. The lowest BCUT2D eigenvalue weighted by Crippen LogP contribution is -2.44. The van der Waals surface area contributed by atoms with Gasteiger partial charge in [-0.2, -0.15) is 0 Å². The van der Waals surface area contributed by atoms with Crippen molar-refractivity contribution in [3.8, 4) is 0 Å². The molecule has 0 saturated carbocycles. The van der Waals surface area contributed by atoms with E-state index in [4.69, 9.17) is 24.4 Å². The summed E-state index contributed by atoms with van der Waals surface area (Å²) in [5.41, 5.74) is 1.93. The summed E-state index contributed by atoms with van der Waals surface area (Å²) in [6, 6.07) is 19.8. The molecule has 0 aliphatic carbocycles. The summed E-state index contributed by atoms with van der Waals surface area (Å²) in [4.78, 5) is 0. The Balaban J connectivity index is 1.69. The standard InChI is InChI=1S/C17H20N4S2/c1-13(19-17(23)21-15-10-6-3-7-11-15)12-18-16(22)20-14-8-4-2-5-9-14/h2-11,13H,12H2,1H3,(H2,18,20,22)(H2,19,21,23)/t13-/m1/s1. The number of hydrogen-bond acceptors (Lipinski definition) is 2. The van der Waals surface area contributed by atoms with Crippen LogP contribution in [0.5, 0.6) is 0 Å². The lowest BCUT2D eigenvalue weighted by atomic mass is 10.3. The Labute approximate surface area is 147 Å². The maximum absolute atomic E-state index is 5.30. The second-order valence-corrected chi connectivity index (χ2v) is 5.88. The fraction of sp³-hybridized carbons (Fsp3) is 0.176. The van der Waals surface area contributed by atoms with Gasteiger partial charge in [0.05, 0.1) is 0 Å². The maximum atomic E-state index is 5.30. The Morgan fingerprint density at radius 2 is 1.30 bits per heavy atom. The minimum atomic E-state index is 0.134. The quantitative estimate of drug-likeness (QED) is 0.624. The zero-order valence-corrected chi connectivity index (χ0v) is 14.5. The van der Waals surface area contributed by atoms with Crippen LogP contribution in [0.3, 0.4) is 0 Å². The molecule has 0 unspecified atom stereocenters. The third-order valence-corrected chi connectivity index (χ3v) is 3.48. The van der Waals surface area contributed by atoms with Crippen LogP contribution in [0.2, 0.25) is 0 Å². The van der Waals surface area contributed by atoms with E-state index in [0.29, 0.717) is 16.8 Å². The second-order valence-electron chi connectivity index (χ2n) is 5.07. The van der Waals surface area contributed by atoms with E-state index >= 15 is 0 Å². The molecule has 23 heavy (non-hydrogen) atoms. The average Bonchev–Trinajstić information content (AvgIpc) is 2.55. The molecular weight excluding hydrogens is 324 g/mol. The minimum Gasteiger partial charge on any atom is -0.360 e. The smallest absolute Gasteiger partial charge is 0.171 e. The Bertz CT molecular complexity index is 632. The van der Waals surface area contributed by atoms with Gasteiger partial charge in [0.25, 0.3) is 0 Å². The number of anilines is 2. The molecule has 0 bridgehead atoms. The van der Waals surface area contributed by atoms with E-state index in [1.54, 1.807) is 0 Å². The van der Waals surface area contributed by atoms with E-state index in [2.05, 4.69) is 21.3 Å². The lowest BCUT2D eigenvalue weighted by molar-refractivity contribution is 0.645. The summed E-state index contributed by atoms with van der Waals surface area (Å²) < 4.78 is 0. The molecule has 120 valence electrons. The molecule has 0 radical (unpaired) electrons. The fourth-order valence-corrected chi connectivity index (χ4v) is 2.43. The van der Waals surface area contributed by atoms with Gasteiger partial charge < -0.3 is 21.3 Å². The zero-order valence-electron chi connectivity index (χ0n) is 12.9. The first-order valence-electron chi connectivity index (χ1n) is 7.36. The molecule has 2 rings (SSSR count). The lowest BCUT2D eigenvalue weighted by Gasteiger charge is -2.18. The third kappa shape index (κ3) is 6.63. The van der Waals surface area contributed by atoms with Crippen LogP contribution in [0, 0.1) is 0 Å². The fourth-order valence-electron chi connectivity index (χ4n) is 1.91. The summed E-state index contributed by atoms with van der Waals surface area (Å²) in [6.45, 7) is 2.70. The van der Waals surface area contributed by atoms with Crippen molar-refractivity contribution in [2.45, 2.75) is 13.0 Å². The Hall–Kier alpha value is -2.18. The highest BCUT2D eigenvalue weighted by molar-refractivity contribution is 7.80. The van der Waals surface area contributed by atoms with E-state index < -0.39 is 0 Å². The predicted molar refractivity (Wildman–Crippen MR) is 106 cm³/mol. The molecule has 4 nitrogen and oxygen atoms in total. The first-order chi connectivity index (χ1) is 11.1. The van der Waals surface area contributed by atoms with Gasteiger partial charge in [0.1, 0.15) is 0 Å². The summed E-state index contributed by atoms with van der Waals surface area (Å²) in [7, 11) is 0. The van der Waals surface area contributed by atoms with Crippen molar-refractivity contribution < 1.29 is 0 Å². The largest absolute Gasteiger partial charge is 0.360 e. The number of thiocarbonyl (C=S) groups is 2. The molecule has 0 spiro atoms. The number of benzene rings is 2. The molecule has 0 fully saturated rings. The highest BCUT2D eigenvalue weighted by atomic mass is 32.1. The van der Waals surface area contributed by atoms with Crippen LogP contribution in [0.4, 0.5) is 11.4 Å². The molecule has 2 aromatic carbocycles. The SMILES string of the molecule is C[C@H](CNC(=S)Nc1ccccc1)NC(=S)Nc1ccccc1. The minimum absolute atomic E-state index is 0.134. The molecule has 1 atom stereocenters. The molecule has 0 saturated heterocycles. The van der Waals surface area contributed by atoms with Crippen LogP contribution in [0.25, 0.3) is 0 Å². The van der Waals surface area contributed by atoms with E-state index in [9.17, 15) is 0 Å². The average molecular weight is 345 g/mol. The van der Waals surface area contributed by atoms with Crippen molar-refractivity contribution in [1.82, 2.24) is 10.6 Å². The first-order valence-corrected chi connectivity index (χ1v) is 8.17. The Morgan fingerprint density at radius 1 is 0.826 bits per heavy atom. The summed E-state index contributed by atoms with van der Waals surface area (Å²) in [6.07, 6.45) is 0. The van der Waals surface area contributed by atoms with E-state index in [0.717, 1.165) is 11.4 Å². The molecule has 0 aliphatic heterocycles. The van der Waals surface area contributed by atoms with Crippen LogP contribution < -0.4 is 21.3 Å². The number of para-hydroxylation sites is 2. The Kier molecular flexibility index (Phi) is 6.77. The van der Waals surface area contributed by atoms with Crippen molar-refractivity contribution in [3.05, 3.63) is 60.7 Å². The highest BCUT2D eigenvalue weighted by Gasteiger charge is 2.05. The molecular formula is C17H20N4S2. The van der Waals surface area contributed by atoms with E-state index in [1.165, 1.54) is 0 Å². The number of hydrogen-bond donors (Lipinski definition) is 4. The molecule has 0 heterocycles. The number of rotatable bonds is 5. The molecule has 0 aromatic heterocycles. The van der Waals surface area contributed by atoms with Gasteiger partial charge in [0, 0.05) is 24.0 Å². The van der Waals surface area contributed by atoms with Crippen molar-refractivity contribution >= 4 is 46.0 Å². The molecule has 0 amide bonds. The zero-order chi connectivity index (χ0) is 16.5. The molecule has 0 aliphatic rings. The number of nitrogens with one attached hydrogen (secondary N) is 4. The molecule has 6 heteroatoms. The van der Waals surface area contributed by atoms with Crippen LogP contribution in [0.15, 0.2) is 60.7 Å². The van der Waals surface area contributed by atoms with Gasteiger partial charge in [-0.25, -0.2) is 0 Å². The topological polar surface area (TPSA) is 48.1 Å². The van der Waals surface area contributed by atoms with E-state index in [1.807, 2.05) is 67.6 Å². The predicted octanol–water partition coefficient (Wildman–Crippen LogP) is 3.35. The molecule has 4 N–H and O–H groups in total. The van der Waals surface area contributed by atoms with Gasteiger partial charge in [-0.15, -0.1) is 0 Å².